The third-order valence-electron chi connectivity index (χ3n) is 1.89. The maximum atomic E-state index is 11.1. The molecule has 13 heavy (non-hydrogen) atoms. The van der Waals surface area contributed by atoms with Crippen LogP contribution in [-0.2, 0) is 0 Å². The van der Waals surface area contributed by atoms with E-state index >= 15 is 0 Å². The van der Waals surface area contributed by atoms with E-state index in [0.29, 0.717) is 11.1 Å². The minimum Gasteiger partial charge on any atom is -0.294 e. The van der Waals surface area contributed by atoms with Gasteiger partial charge in [-0.3, -0.25) is 4.79 Å². The number of hydrogen-bond acceptors (Lipinski definition) is 2. The number of halogens is 1. The van der Waals surface area contributed by atoms with Crippen LogP contribution in [0.15, 0.2) is 16.6 Å². The van der Waals surface area contributed by atoms with Crippen LogP contribution in [0.5, 0.6) is 0 Å². The average Bonchev–Trinajstić information content (AvgIpc) is 2.09. The van der Waals surface area contributed by atoms with Crippen molar-refractivity contribution in [2.24, 2.45) is 0 Å². The summed E-state index contributed by atoms with van der Waals surface area (Å²) in [5.41, 5.74) is 1.76. The van der Waals surface area contributed by atoms with Crippen molar-refractivity contribution in [3.8, 4) is 6.07 Å². The Hall–Kier alpha value is -1.14. The Kier molecular flexibility index (Phi) is 2.84. The standard InChI is InChI=1S/C10H8BrNO/c1-6-9(5-12)8(7(2)13)3-4-10(6)11/h3-4H,1-2H3. The van der Waals surface area contributed by atoms with Crippen molar-refractivity contribution in [2.75, 3.05) is 0 Å². The molecule has 0 aliphatic carbocycles. The van der Waals surface area contributed by atoms with Gasteiger partial charge in [-0.25, -0.2) is 0 Å². The SMILES string of the molecule is CC(=O)c1ccc(Br)c(C)c1C#N. The van der Waals surface area contributed by atoms with E-state index < -0.39 is 0 Å². The zero-order valence-electron chi connectivity index (χ0n) is 7.39. The van der Waals surface area contributed by atoms with Gasteiger partial charge in [0, 0.05) is 10.0 Å². The Labute approximate surface area is 85.3 Å². The number of ketones is 1. The summed E-state index contributed by atoms with van der Waals surface area (Å²) in [5.74, 6) is -0.0767. The third-order valence-corrected chi connectivity index (χ3v) is 2.75. The molecule has 66 valence electrons. The monoisotopic (exact) mass is 237 g/mol. The van der Waals surface area contributed by atoms with Crippen molar-refractivity contribution < 1.29 is 4.79 Å². The lowest BCUT2D eigenvalue weighted by atomic mass is 10.0. The zero-order valence-corrected chi connectivity index (χ0v) is 8.97. The molecule has 1 rings (SSSR count). The van der Waals surface area contributed by atoms with Crippen LogP contribution in [0.3, 0.4) is 0 Å². The number of Topliss-reactive ketones (excluding diaryl/α,β-unsaturated/α-hetero) is 1. The summed E-state index contributed by atoms with van der Waals surface area (Å²) in [4.78, 5) is 11.1. The van der Waals surface area contributed by atoms with Gasteiger partial charge in [-0.05, 0) is 31.5 Å². The van der Waals surface area contributed by atoms with Gasteiger partial charge in [-0.15, -0.1) is 0 Å². The second-order valence-corrected chi connectivity index (χ2v) is 3.62. The molecule has 1 aromatic rings. The minimum absolute atomic E-state index is 0.0767. The molecule has 0 fully saturated rings. The van der Waals surface area contributed by atoms with Crippen LogP contribution in [0.4, 0.5) is 0 Å². The van der Waals surface area contributed by atoms with Crippen molar-refractivity contribution in [1.82, 2.24) is 0 Å². The molecule has 0 aromatic heterocycles. The molecular weight excluding hydrogens is 230 g/mol. The molecule has 2 nitrogen and oxygen atoms in total. The minimum atomic E-state index is -0.0767. The lowest BCUT2D eigenvalue weighted by molar-refractivity contribution is 0.101. The van der Waals surface area contributed by atoms with Crippen molar-refractivity contribution in [1.29, 1.82) is 5.26 Å². The van der Waals surface area contributed by atoms with Crippen LogP contribution in [0.1, 0.15) is 28.4 Å². The summed E-state index contributed by atoms with van der Waals surface area (Å²) in [6.07, 6.45) is 0. The highest BCUT2D eigenvalue weighted by atomic mass is 79.9. The average molecular weight is 238 g/mol. The maximum Gasteiger partial charge on any atom is 0.161 e. The van der Waals surface area contributed by atoms with E-state index in [9.17, 15) is 4.79 Å². The Balaban J connectivity index is 3.50. The van der Waals surface area contributed by atoms with Crippen LogP contribution >= 0.6 is 15.9 Å². The van der Waals surface area contributed by atoms with Gasteiger partial charge in [0.25, 0.3) is 0 Å². The molecule has 0 saturated heterocycles. The zero-order chi connectivity index (χ0) is 10.0. The number of carbonyl (C=O) groups is 1. The predicted molar refractivity (Wildman–Crippen MR) is 53.6 cm³/mol. The Morgan fingerprint density at radius 2 is 2.15 bits per heavy atom. The predicted octanol–water partition coefficient (Wildman–Crippen LogP) is 2.83. The van der Waals surface area contributed by atoms with Gasteiger partial charge in [0.05, 0.1) is 5.56 Å². The normalized spacial score (nSPS) is 9.38. The van der Waals surface area contributed by atoms with Gasteiger partial charge in [0.15, 0.2) is 5.78 Å². The van der Waals surface area contributed by atoms with Crippen molar-refractivity contribution in [3.63, 3.8) is 0 Å². The second kappa shape index (κ2) is 3.71. The molecule has 0 aliphatic rings. The van der Waals surface area contributed by atoms with Crippen molar-refractivity contribution in [2.45, 2.75) is 13.8 Å². The Bertz CT molecular complexity index is 404. The highest BCUT2D eigenvalue weighted by Crippen LogP contribution is 2.22. The first kappa shape index (κ1) is 9.94. The largest absolute Gasteiger partial charge is 0.294 e. The molecule has 1 aromatic carbocycles. The summed E-state index contributed by atoms with van der Waals surface area (Å²) in [5, 5.41) is 8.85. The van der Waals surface area contributed by atoms with Gasteiger partial charge in [0.2, 0.25) is 0 Å². The molecule has 0 unspecified atom stereocenters. The summed E-state index contributed by atoms with van der Waals surface area (Å²) in [6, 6.07) is 5.48. The highest BCUT2D eigenvalue weighted by Gasteiger charge is 2.10. The molecule has 0 aliphatic heterocycles. The molecule has 3 heteroatoms. The fraction of sp³-hybridized carbons (Fsp3) is 0.200. The lowest BCUT2D eigenvalue weighted by Gasteiger charge is -2.04. The molecule has 0 N–H and O–H groups in total. The van der Waals surface area contributed by atoms with E-state index in [0.717, 1.165) is 10.0 Å². The number of nitrogens with zero attached hydrogens (tertiary/aromatic N) is 1. The molecular formula is C10H8BrNO. The topological polar surface area (TPSA) is 40.9 Å². The summed E-state index contributed by atoms with van der Waals surface area (Å²) in [7, 11) is 0. The van der Waals surface area contributed by atoms with Crippen molar-refractivity contribution in [3.05, 3.63) is 33.3 Å². The Morgan fingerprint density at radius 1 is 1.54 bits per heavy atom. The number of carbonyl (C=O) groups excluding carboxylic acids is 1. The molecule has 0 bridgehead atoms. The molecule has 0 spiro atoms. The summed E-state index contributed by atoms with van der Waals surface area (Å²) >= 11 is 3.31. The first-order chi connectivity index (χ1) is 6.07. The van der Waals surface area contributed by atoms with E-state index in [1.165, 1.54) is 6.92 Å². The quantitative estimate of drug-likeness (QED) is 0.706. The maximum absolute atomic E-state index is 11.1. The van der Waals surface area contributed by atoms with Crippen LogP contribution in [0.25, 0.3) is 0 Å². The first-order valence-corrected chi connectivity index (χ1v) is 4.57. The van der Waals surface area contributed by atoms with Gasteiger partial charge >= 0.3 is 0 Å². The lowest BCUT2D eigenvalue weighted by Crippen LogP contribution is -1.99. The smallest absolute Gasteiger partial charge is 0.161 e. The van der Waals surface area contributed by atoms with Gasteiger partial charge < -0.3 is 0 Å². The number of hydrogen-bond donors (Lipinski definition) is 0. The van der Waals surface area contributed by atoms with Crippen LogP contribution in [0.2, 0.25) is 0 Å². The highest BCUT2D eigenvalue weighted by molar-refractivity contribution is 9.10. The van der Waals surface area contributed by atoms with Crippen LogP contribution in [0, 0.1) is 18.3 Å². The number of nitriles is 1. The summed E-state index contributed by atoms with van der Waals surface area (Å²) in [6.45, 7) is 3.28. The Morgan fingerprint density at radius 3 is 2.62 bits per heavy atom. The fourth-order valence-corrected chi connectivity index (χ4v) is 1.45. The van der Waals surface area contributed by atoms with Crippen LogP contribution in [-0.4, -0.2) is 5.78 Å². The molecule has 0 radical (unpaired) electrons. The molecule has 0 heterocycles. The van der Waals surface area contributed by atoms with Crippen LogP contribution < -0.4 is 0 Å². The van der Waals surface area contributed by atoms with Gasteiger partial charge in [0.1, 0.15) is 6.07 Å². The van der Waals surface area contributed by atoms with E-state index in [4.69, 9.17) is 5.26 Å². The first-order valence-electron chi connectivity index (χ1n) is 3.78. The van der Waals surface area contributed by atoms with Crippen molar-refractivity contribution >= 4 is 21.7 Å². The molecule has 0 amide bonds. The van der Waals surface area contributed by atoms with E-state index in [-0.39, 0.29) is 5.78 Å². The van der Waals surface area contributed by atoms with E-state index in [1.54, 1.807) is 12.1 Å². The molecule has 0 saturated carbocycles. The van der Waals surface area contributed by atoms with E-state index in [2.05, 4.69) is 15.9 Å². The molecule has 0 atom stereocenters. The third kappa shape index (κ3) is 1.78. The van der Waals surface area contributed by atoms with E-state index in [1.807, 2.05) is 13.0 Å². The number of rotatable bonds is 1. The number of benzene rings is 1. The van der Waals surface area contributed by atoms with Gasteiger partial charge in [-0.1, -0.05) is 15.9 Å². The fourth-order valence-electron chi connectivity index (χ4n) is 1.12. The second-order valence-electron chi connectivity index (χ2n) is 2.76. The summed E-state index contributed by atoms with van der Waals surface area (Å²) < 4.78 is 0.856. The van der Waals surface area contributed by atoms with Gasteiger partial charge in [-0.2, -0.15) is 5.26 Å².